The Kier molecular flexibility index (Phi) is 8.09. The summed E-state index contributed by atoms with van der Waals surface area (Å²) < 4.78 is 32.6. The molecule has 31 heavy (non-hydrogen) atoms. The van der Waals surface area contributed by atoms with E-state index in [9.17, 15) is 13.2 Å². The number of aryl methyl sites for hydroxylation is 1. The number of rotatable bonds is 9. The van der Waals surface area contributed by atoms with Crippen molar-refractivity contribution < 1.29 is 17.9 Å². The second-order valence-electron chi connectivity index (χ2n) is 8.34. The lowest BCUT2D eigenvalue weighted by atomic mass is 10.0. The van der Waals surface area contributed by atoms with E-state index in [-0.39, 0.29) is 23.5 Å². The van der Waals surface area contributed by atoms with Crippen molar-refractivity contribution in [2.75, 3.05) is 19.7 Å². The molecule has 168 valence electrons. The summed E-state index contributed by atoms with van der Waals surface area (Å²) in [5.41, 5.74) is 1.24. The van der Waals surface area contributed by atoms with Crippen LogP contribution in [0.4, 0.5) is 0 Å². The highest BCUT2D eigenvalue weighted by molar-refractivity contribution is 7.89. The van der Waals surface area contributed by atoms with E-state index in [0.717, 1.165) is 25.7 Å². The van der Waals surface area contributed by atoms with Crippen molar-refractivity contribution in [2.45, 2.75) is 50.5 Å². The van der Waals surface area contributed by atoms with Crippen molar-refractivity contribution in [3.8, 4) is 5.75 Å². The molecule has 1 amide bonds. The lowest BCUT2D eigenvalue weighted by Crippen LogP contribution is -2.37. The molecule has 1 aliphatic heterocycles. The lowest BCUT2D eigenvalue weighted by molar-refractivity contribution is -0.123. The minimum Gasteiger partial charge on any atom is -0.484 e. The fraction of sp³-hybridized carbons (Fsp3) is 0.458. The fourth-order valence-corrected chi connectivity index (χ4v) is 5.12. The van der Waals surface area contributed by atoms with Crippen LogP contribution in [0, 0.1) is 5.92 Å². The smallest absolute Gasteiger partial charge is 0.258 e. The number of carbonyl (C=O) groups excluding carboxylic acids is 1. The van der Waals surface area contributed by atoms with Crippen LogP contribution in [0.3, 0.4) is 0 Å². The first-order valence-electron chi connectivity index (χ1n) is 10.9. The van der Waals surface area contributed by atoms with E-state index in [1.54, 1.807) is 28.6 Å². The van der Waals surface area contributed by atoms with Gasteiger partial charge in [0.25, 0.3) is 5.91 Å². The molecule has 3 rings (SSSR count). The molecule has 1 N–H and O–H groups in total. The maximum atomic E-state index is 12.8. The van der Waals surface area contributed by atoms with E-state index in [2.05, 4.69) is 24.4 Å². The number of nitrogens with zero attached hydrogens (tertiary/aromatic N) is 1. The van der Waals surface area contributed by atoms with Gasteiger partial charge in [0, 0.05) is 19.1 Å². The summed E-state index contributed by atoms with van der Waals surface area (Å²) in [6.07, 6.45) is 3.52. The largest absolute Gasteiger partial charge is 0.484 e. The van der Waals surface area contributed by atoms with Crippen molar-refractivity contribution in [1.82, 2.24) is 9.62 Å². The third-order valence-electron chi connectivity index (χ3n) is 5.69. The molecular formula is C24H32N2O4S. The molecular weight excluding hydrogens is 412 g/mol. The number of hydrogen-bond acceptors (Lipinski definition) is 4. The Morgan fingerprint density at radius 3 is 2.39 bits per heavy atom. The van der Waals surface area contributed by atoms with Gasteiger partial charge in [-0.1, -0.05) is 37.3 Å². The Morgan fingerprint density at radius 2 is 1.74 bits per heavy atom. The minimum atomic E-state index is -3.48. The van der Waals surface area contributed by atoms with Crippen LogP contribution in [-0.2, 0) is 21.2 Å². The van der Waals surface area contributed by atoms with Gasteiger partial charge in [0.05, 0.1) is 4.90 Å². The van der Waals surface area contributed by atoms with Crippen LogP contribution in [0.15, 0.2) is 59.5 Å². The van der Waals surface area contributed by atoms with Gasteiger partial charge in [-0.2, -0.15) is 4.31 Å². The van der Waals surface area contributed by atoms with E-state index >= 15 is 0 Å². The van der Waals surface area contributed by atoms with E-state index in [1.807, 2.05) is 25.1 Å². The van der Waals surface area contributed by atoms with Gasteiger partial charge in [0.2, 0.25) is 10.0 Å². The standard InChI is InChI=1S/C24H32N2O4S/c1-19-14-16-26(17-15-19)31(28,29)23-12-10-22(11-13-23)30-18-24(27)25-20(2)8-9-21-6-4-3-5-7-21/h3-7,10-13,19-20H,8-9,14-18H2,1-2H3,(H,25,27)/t20-/m1/s1. The number of nitrogens with one attached hydrogen (secondary N) is 1. The topological polar surface area (TPSA) is 75.7 Å². The highest BCUT2D eigenvalue weighted by Crippen LogP contribution is 2.24. The van der Waals surface area contributed by atoms with Gasteiger partial charge >= 0.3 is 0 Å². The zero-order chi connectivity index (χ0) is 22.3. The molecule has 0 radical (unpaired) electrons. The van der Waals surface area contributed by atoms with Gasteiger partial charge in [-0.3, -0.25) is 4.79 Å². The third-order valence-corrected chi connectivity index (χ3v) is 7.60. The summed E-state index contributed by atoms with van der Waals surface area (Å²) in [5.74, 6) is 0.840. The van der Waals surface area contributed by atoms with Crippen LogP contribution in [0.25, 0.3) is 0 Å². The first kappa shape index (κ1) is 23.3. The van der Waals surface area contributed by atoms with Crippen LogP contribution >= 0.6 is 0 Å². The Hall–Kier alpha value is -2.38. The Labute approximate surface area is 185 Å². The van der Waals surface area contributed by atoms with Crippen molar-refractivity contribution >= 4 is 15.9 Å². The van der Waals surface area contributed by atoms with Crippen molar-refractivity contribution in [3.05, 3.63) is 60.2 Å². The monoisotopic (exact) mass is 444 g/mol. The van der Waals surface area contributed by atoms with Crippen LogP contribution in [0.5, 0.6) is 5.75 Å². The molecule has 0 aromatic heterocycles. The summed E-state index contributed by atoms with van der Waals surface area (Å²) in [6, 6.07) is 16.5. The third kappa shape index (κ3) is 6.80. The SMILES string of the molecule is CC1CCN(S(=O)(=O)c2ccc(OCC(=O)N[C@H](C)CCc3ccccc3)cc2)CC1. The van der Waals surface area contributed by atoms with Crippen LogP contribution in [0.1, 0.15) is 38.7 Å². The van der Waals surface area contributed by atoms with Crippen LogP contribution in [0.2, 0.25) is 0 Å². The Morgan fingerprint density at radius 1 is 1.10 bits per heavy atom. The number of amides is 1. The quantitative estimate of drug-likeness (QED) is 0.641. The summed E-state index contributed by atoms with van der Waals surface area (Å²) >= 11 is 0. The zero-order valence-electron chi connectivity index (χ0n) is 18.3. The molecule has 1 fully saturated rings. The van der Waals surface area contributed by atoms with E-state index < -0.39 is 10.0 Å². The Balaban J connectivity index is 1.44. The second-order valence-corrected chi connectivity index (χ2v) is 10.3. The Bertz CT molecular complexity index is 937. The number of piperidine rings is 1. The van der Waals surface area contributed by atoms with E-state index in [0.29, 0.717) is 24.8 Å². The van der Waals surface area contributed by atoms with Crippen molar-refractivity contribution in [3.63, 3.8) is 0 Å². The average Bonchev–Trinajstić information content (AvgIpc) is 2.77. The molecule has 2 aromatic carbocycles. The van der Waals surface area contributed by atoms with Crippen molar-refractivity contribution in [2.24, 2.45) is 5.92 Å². The second kappa shape index (κ2) is 10.8. The number of sulfonamides is 1. The maximum absolute atomic E-state index is 12.8. The molecule has 6 nitrogen and oxygen atoms in total. The predicted molar refractivity (Wildman–Crippen MR) is 121 cm³/mol. The summed E-state index contributed by atoms with van der Waals surface area (Å²) in [4.78, 5) is 12.4. The lowest BCUT2D eigenvalue weighted by Gasteiger charge is -2.29. The van der Waals surface area contributed by atoms with Crippen molar-refractivity contribution in [1.29, 1.82) is 0 Å². The molecule has 1 aliphatic rings. The van der Waals surface area contributed by atoms with Gasteiger partial charge in [-0.05, 0) is 68.4 Å². The highest BCUT2D eigenvalue weighted by atomic mass is 32.2. The van der Waals surface area contributed by atoms with Crippen LogP contribution < -0.4 is 10.1 Å². The number of benzene rings is 2. The zero-order valence-corrected chi connectivity index (χ0v) is 19.1. The van der Waals surface area contributed by atoms with E-state index in [1.165, 1.54) is 5.56 Å². The fourth-order valence-electron chi connectivity index (χ4n) is 3.65. The molecule has 1 saturated heterocycles. The van der Waals surface area contributed by atoms with Gasteiger partial charge in [-0.15, -0.1) is 0 Å². The molecule has 0 unspecified atom stereocenters. The normalized spacial score (nSPS) is 16.6. The number of hydrogen-bond donors (Lipinski definition) is 1. The molecule has 0 bridgehead atoms. The molecule has 0 saturated carbocycles. The molecule has 1 atom stereocenters. The summed E-state index contributed by atoms with van der Waals surface area (Å²) in [7, 11) is -3.48. The van der Waals surface area contributed by atoms with Gasteiger partial charge < -0.3 is 10.1 Å². The molecule has 7 heteroatoms. The van der Waals surface area contributed by atoms with Gasteiger partial charge in [-0.25, -0.2) is 8.42 Å². The summed E-state index contributed by atoms with van der Waals surface area (Å²) in [6.45, 7) is 5.14. The molecule has 1 heterocycles. The average molecular weight is 445 g/mol. The van der Waals surface area contributed by atoms with Gasteiger partial charge in [0.15, 0.2) is 6.61 Å². The summed E-state index contributed by atoms with van der Waals surface area (Å²) in [5, 5.41) is 2.94. The molecule has 0 aliphatic carbocycles. The molecule has 0 spiro atoms. The van der Waals surface area contributed by atoms with E-state index in [4.69, 9.17) is 4.74 Å². The predicted octanol–water partition coefficient (Wildman–Crippen LogP) is 3.62. The first-order valence-corrected chi connectivity index (χ1v) is 12.3. The molecule has 2 aromatic rings. The van der Waals surface area contributed by atoms with Gasteiger partial charge in [0.1, 0.15) is 5.75 Å². The number of carbonyl (C=O) groups is 1. The number of ether oxygens (including phenoxy) is 1. The van der Waals surface area contributed by atoms with Crippen LogP contribution in [-0.4, -0.2) is 44.4 Å². The minimum absolute atomic E-state index is 0.0380. The highest BCUT2D eigenvalue weighted by Gasteiger charge is 2.27. The maximum Gasteiger partial charge on any atom is 0.258 e. The first-order chi connectivity index (χ1) is 14.8.